The number of fused-ring (bicyclic) bond motifs is 1. The van der Waals surface area contributed by atoms with E-state index in [1.807, 2.05) is 36.5 Å². The summed E-state index contributed by atoms with van der Waals surface area (Å²) in [4.78, 5) is 15.4. The molecule has 4 nitrogen and oxygen atoms in total. The Hall–Kier alpha value is -2.75. The highest BCUT2D eigenvalue weighted by Gasteiger charge is 2.06. The van der Waals surface area contributed by atoms with Crippen LogP contribution in [0, 0.1) is 0 Å². The maximum atomic E-state index is 12.2. The van der Waals surface area contributed by atoms with Crippen LogP contribution in [0.15, 0.2) is 54.7 Å². The molecule has 3 rings (SSSR count). The van der Waals surface area contributed by atoms with Crippen LogP contribution < -0.4 is 10.1 Å². The third-order valence-electron chi connectivity index (χ3n) is 3.66. The third-order valence-corrected chi connectivity index (χ3v) is 3.66. The van der Waals surface area contributed by atoms with Crippen LogP contribution in [0.3, 0.4) is 0 Å². The van der Waals surface area contributed by atoms with Crippen LogP contribution >= 0.6 is 0 Å². The molecule has 1 aromatic heterocycles. The largest absolute Gasteiger partial charge is 0.494 e. The van der Waals surface area contributed by atoms with Gasteiger partial charge in [0.15, 0.2) is 0 Å². The van der Waals surface area contributed by atoms with Crippen molar-refractivity contribution in [1.29, 1.82) is 0 Å². The lowest BCUT2D eigenvalue weighted by atomic mass is 10.1. The van der Waals surface area contributed by atoms with Crippen molar-refractivity contribution in [3.8, 4) is 5.75 Å². The standard InChI is InChI=1S/C19H20N2O2/c1-2-11-23-17-6-4-15(5-7-17)19(22)21-13-14-3-8-18-16(12-14)9-10-20-18/h3-10,12,20H,2,11,13H2,1H3,(H,21,22). The molecule has 0 unspecified atom stereocenters. The molecule has 0 saturated carbocycles. The molecule has 0 aliphatic carbocycles. The number of H-pyrrole nitrogens is 1. The maximum absolute atomic E-state index is 12.2. The summed E-state index contributed by atoms with van der Waals surface area (Å²) in [6.45, 7) is 3.26. The van der Waals surface area contributed by atoms with Crippen molar-refractivity contribution < 1.29 is 9.53 Å². The van der Waals surface area contributed by atoms with Crippen LogP contribution in [0.1, 0.15) is 29.3 Å². The number of rotatable bonds is 6. The minimum Gasteiger partial charge on any atom is -0.494 e. The second-order valence-electron chi connectivity index (χ2n) is 5.45. The molecule has 0 bridgehead atoms. The Bertz CT molecular complexity index is 790. The van der Waals surface area contributed by atoms with Gasteiger partial charge < -0.3 is 15.0 Å². The Kier molecular flexibility index (Phi) is 4.62. The molecule has 0 aliphatic heterocycles. The molecule has 1 heterocycles. The summed E-state index contributed by atoms with van der Waals surface area (Å²) >= 11 is 0. The smallest absolute Gasteiger partial charge is 0.251 e. The molecule has 2 aromatic carbocycles. The van der Waals surface area contributed by atoms with E-state index in [0.29, 0.717) is 18.7 Å². The lowest BCUT2D eigenvalue weighted by Crippen LogP contribution is -2.22. The van der Waals surface area contributed by atoms with E-state index in [9.17, 15) is 4.79 Å². The Morgan fingerprint density at radius 1 is 1.13 bits per heavy atom. The van der Waals surface area contributed by atoms with Crippen LogP contribution in [0.2, 0.25) is 0 Å². The number of carbonyl (C=O) groups is 1. The summed E-state index contributed by atoms with van der Waals surface area (Å²) in [6.07, 6.45) is 2.88. The molecule has 0 aliphatic rings. The quantitative estimate of drug-likeness (QED) is 0.726. The van der Waals surface area contributed by atoms with Crippen molar-refractivity contribution in [1.82, 2.24) is 10.3 Å². The van der Waals surface area contributed by atoms with E-state index in [-0.39, 0.29) is 5.91 Å². The first-order chi connectivity index (χ1) is 11.3. The Balaban J connectivity index is 1.60. The zero-order chi connectivity index (χ0) is 16.1. The molecule has 1 amide bonds. The zero-order valence-corrected chi connectivity index (χ0v) is 13.1. The van der Waals surface area contributed by atoms with Gasteiger partial charge in [0.05, 0.1) is 6.61 Å². The van der Waals surface area contributed by atoms with Gasteiger partial charge in [0.1, 0.15) is 5.75 Å². The van der Waals surface area contributed by atoms with Gasteiger partial charge in [-0.3, -0.25) is 4.79 Å². The molecule has 118 valence electrons. The molecular weight excluding hydrogens is 288 g/mol. The van der Waals surface area contributed by atoms with Crippen molar-refractivity contribution in [2.75, 3.05) is 6.61 Å². The van der Waals surface area contributed by atoms with Crippen molar-refractivity contribution in [3.63, 3.8) is 0 Å². The first kappa shape index (κ1) is 15.2. The van der Waals surface area contributed by atoms with E-state index in [0.717, 1.165) is 28.6 Å². The monoisotopic (exact) mass is 308 g/mol. The molecule has 0 radical (unpaired) electrons. The number of aromatic amines is 1. The van der Waals surface area contributed by atoms with Gasteiger partial charge in [0.25, 0.3) is 5.91 Å². The first-order valence-electron chi connectivity index (χ1n) is 7.83. The van der Waals surface area contributed by atoms with Gasteiger partial charge in [-0.1, -0.05) is 13.0 Å². The van der Waals surface area contributed by atoms with E-state index in [1.165, 1.54) is 0 Å². The summed E-state index contributed by atoms with van der Waals surface area (Å²) < 4.78 is 5.52. The molecule has 0 atom stereocenters. The van der Waals surface area contributed by atoms with Crippen molar-refractivity contribution in [2.24, 2.45) is 0 Å². The number of hydrogen-bond donors (Lipinski definition) is 2. The van der Waals surface area contributed by atoms with E-state index in [2.05, 4.69) is 23.3 Å². The highest BCUT2D eigenvalue weighted by Crippen LogP contribution is 2.15. The zero-order valence-electron chi connectivity index (χ0n) is 13.1. The second-order valence-corrected chi connectivity index (χ2v) is 5.45. The second kappa shape index (κ2) is 7.01. The first-order valence-corrected chi connectivity index (χ1v) is 7.83. The number of hydrogen-bond acceptors (Lipinski definition) is 2. The molecule has 0 fully saturated rings. The van der Waals surface area contributed by atoms with Crippen molar-refractivity contribution in [3.05, 3.63) is 65.9 Å². The average Bonchev–Trinajstić information content (AvgIpc) is 3.06. The van der Waals surface area contributed by atoms with Crippen LogP contribution in [0.5, 0.6) is 5.75 Å². The molecule has 0 spiro atoms. The minimum atomic E-state index is -0.0822. The predicted octanol–water partition coefficient (Wildman–Crippen LogP) is 3.89. The topological polar surface area (TPSA) is 54.1 Å². The summed E-state index contributed by atoms with van der Waals surface area (Å²) in [5.74, 6) is 0.711. The van der Waals surface area contributed by atoms with Gasteiger partial charge in [-0.15, -0.1) is 0 Å². The fourth-order valence-electron chi connectivity index (χ4n) is 2.42. The van der Waals surface area contributed by atoms with Crippen molar-refractivity contribution >= 4 is 16.8 Å². The minimum absolute atomic E-state index is 0.0822. The Morgan fingerprint density at radius 2 is 1.96 bits per heavy atom. The van der Waals surface area contributed by atoms with Gasteiger partial charge in [0.2, 0.25) is 0 Å². The molecule has 3 aromatic rings. The number of nitrogens with one attached hydrogen (secondary N) is 2. The van der Waals surface area contributed by atoms with Gasteiger partial charge in [0, 0.05) is 23.8 Å². The summed E-state index contributed by atoms with van der Waals surface area (Å²) in [6, 6.07) is 15.4. The van der Waals surface area contributed by atoms with Crippen LogP contribution in [-0.2, 0) is 6.54 Å². The van der Waals surface area contributed by atoms with Gasteiger partial charge in [-0.25, -0.2) is 0 Å². The Morgan fingerprint density at radius 3 is 2.74 bits per heavy atom. The average molecular weight is 308 g/mol. The SMILES string of the molecule is CCCOc1ccc(C(=O)NCc2ccc3[nH]ccc3c2)cc1. The van der Waals surface area contributed by atoms with Gasteiger partial charge in [-0.05, 0) is 59.8 Å². The predicted molar refractivity (Wildman–Crippen MR) is 91.7 cm³/mol. The molecule has 4 heteroatoms. The fraction of sp³-hybridized carbons (Fsp3) is 0.211. The highest BCUT2D eigenvalue weighted by atomic mass is 16.5. The maximum Gasteiger partial charge on any atom is 0.251 e. The fourth-order valence-corrected chi connectivity index (χ4v) is 2.42. The van der Waals surface area contributed by atoms with E-state index in [4.69, 9.17) is 4.74 Å². The number of amides is 1. The lowest BCUT2D eigenvalue weighted by Gasteiger charge is -2.07. The number of carbonyl (C=O) groups excluding carboxylic acids is 1. The molecular formula is C19H20N2O2. The number of benzene rings is 2. The Labute approximate surface area is 135 Å². The van der Waals surface area contributed by atoms with Gasteiger partial charge in [-0.2, -0.15) is 0 Å². The molecule has 23 heavy (non-hydrogen) atoms. The van der Waals surface area contributed by atoms with Crippen LogP contribution in [0.4, 0.5) is 0 Å². The summed E-state index contributed by atoms with van der Waals surface area (Å²) in [5, 5.41) is 4.09. The normalized spacial score (nSPS) is 10.7. The van der Waals surface area contributed by atoms with E-state index in [1.54, 1.807) is 12.1 Å². The summed E-state index contributed by atoms with van der Waals surface area (Å²) in [5.41, 5.74) is 2.81. The molecule has 2 N–H and O–H groups in total. The van der Waals surface area contributed by atoms with Crippen LogP contribution in [0.25, 0.3) is 10.9 Å². The number of ether oxygens (including phenoxy) is 1. The summed E-state index contributed by atoms with van der Waals surface area (Å²) in [7, 11) is 0. The van der Waals surface area contributed by atoms with Gasteiger partial charge >= 0.3 is 0 Å². The lowest BCUT2D eigenvalue weighted by molar-refractivity contribution is 0.0951. The third kappa shape index (κ3) is 3.72. The van der Waals surface area contributed by atoms with Crippen molar-refractivity contribution in [2.45, 2.75) is 19.9 Å². The van der Waals surface area contributed by atoms with E-state index < -0.39 is 0 Å². The van der Waals surface area contributed by atoms with Crippen LogP contribution in [-0.4, -0.2) is 17.5 Å². The van der Waals surface area contributed by atoms with E-state index >= 15 is 0 Å². The highest BCUT2D eigenvalue weighted by molar-refractivity contribution is 5.94. The molecule has 0 saturated heterocycles. The number of aromatic nitrogens is 1.